The number of rotatable bonds is 5. The molecule has 1 unspecified atom stereocenters. The molecule has 6 heteroatoms. The average molecular weight is 393 g/mol. The summed E-state index contributed by atoms with van der Waals surface area (Å²) < 4.78 is 39.7. The van der Waals surface area contributed by atoms with Crippen LogP contribution in [0.1, 0.15) is 48.9 Å². The molecule has 0 bridgehead atoms. The number of hydrogen-bond donors (Lipinski definition) is 0. The summed E-state index contributed by atoms with van der Waals surface area (Å²) in [5, 5.41) is 5.27. The van der Waals surface area contributed by atoms with Crippen LogP contribution in [0.2, 0.25) is 5.02 Å². The first-order valence-corrected chi connectivity index (χ1v) is 9.10. The smallest absolute Gasteiger partial charge is 0.241 e. The zero-order chi connectivity index (χ0) is 19.6. The highest BCUT2D eigenvalue weighted by atomic mass is 35.5. The third kappa shape index (κ3) is 4.72. The predicted molar refractivity (Wildman–Crippen MR) is 101 cm³/mol. The monoisotopic (exact) mass is 392 g/mol. The van der Waals surface area contributed by atoms with E-state index >= 15 is 0 Å². The highest BCUT2D eigenvalue weighted by Crippen LogP contribution is 2.31. The Balaban J connectivity index is 1.71. The van der Waals surface area contributed by atoms with Crippen molar-refractivity contribution in [2.45, 2.75) is 38.3 Å². The Labute approximate surface area is 161 Å². The van der Waals surface area contributed by atoms with Gasteiger partial charge in [0.15, 0.2) is 0 Å². The largest absolute Gasteiger partial charge is 0.416 e. The number of halogens is 4. The van der Waals surface area contributed by atoms with E-state index in [-0.39, 0.29) is 5.92 Å². The summed E-state index contributed by atoms with van der Waals surface area (Å²) in [5.41, 5.74) is 2.02. The van der Waals surface area contributed by atoms with E-state index in [4.69, 9.17) is 11.6 Å². The number of nitrogens with zero attached hydrogens (tertiary/aromatic N) is 2. The molecular weight excluding hydrogens is 373 g/mol. The van der Waals surface area contributed by atoms with E-state index in [1.54, 1.807) is 10.9 Å². The van der Waals surface area contributed by atoms with Gasteiger partial charge in [-0.25, -0.2) is 4.68 Å². The molecule has 0 fully saturated rings. The van der Waals surface area contributed by atoms with Gasteiger partial charge in [-0.3, -0.25) is 0 Å². The van der Waals surface area contributed by atoms with Crippen LogP contribution in [0.3, 0.4) is 0 Å². The van der Waals surface area contributed by atoms with Gasteiger partial charge in [0.25, 0.3) is 0 Å². The molecular formula is C21H20ClF3N2. The van der Waals surface area contributed by atoms with Gasteiger partial charge in [-0.2, -0.15) is 18.3 Å². The lowest BCUT2D eigenvalue weighted by molar-refractivity contribution is -0.137. The van der Waals surface area contributed by atoms with E-state index in [0.29, 0.717) is 11.6 Å². The van der Waals surface area contributed by atoms with E-state index in [9.17, 15) is 13.2 Å². The first-order chi connectivity index (χ1) is 12.7. The zero-order valence-corrected chi connectivity index (χ0v) is 15.8. The first-order valence-electron chi connectivity index (χ1n) is 8.72. The second kappa shape index (κ2) is 7.77. The lowest BCUT2D eigenvalue weighted by Crippen LogP contribution is -2.06. The standard InChI is InChI=1S/C21H20ClF3N2/c1-14(16-4-3-5-18(22)13-16)12-15(2)20-10-11-27(26-20)19-8-6-17(7-9-19)21(23,24)25/h3-11,13-15H,12H2,1-2H3/t14-,15?/m0/s1. The molecule has 1 aromatic heterocycles. The second-order valence-corrected chi connectivity index (χ2v) is 7.26. The van der Waals surface area contributed by atoms with Gasteiger partial charge >= 0.3 is 6.18 Å². The van der Waals surface area contributed by atoms with Crippen LogP contribution in [-0.4, -0.2) is 9.78 Å². The molecule has 0 spiro atoms. The summed E-state index contributed by atoms with van der Waals surface area (Å²) in [6.07, 6.45) is -1.67. The third-order valence-electron chi connectivity index (χ3n) is 4.70. The second-order valence-electron chi connectivity index (χ2n) is 6.82. The topological polar surface area (TPSA) is 17.8 Å². The van der Waals surface area contributed by atoms with E-state index < -0.39 is 11.7 Å². The number of hydrogen-bond acceptors (Lipinski definition) is 1. The summed E-state index contributed by atoms with van der Waals surface area (Å²) in [7, 11) is 0. The SMILES string of the molecule is CC(C[C@H](C)c1cccc(Cl)c1)c1ccn(-c2ccc(C(F)(F)F)cc2)n1. The highest BCUT2D eigenvalue weighted by molar-refractivity contribution is 6.30. The predicted octanol–water partition coefficient (Wildman–Crippen LogP) is 6.84. The molecule has 3 rings (SSSR count). The van der Waals surface area contributed by atoms with Crippen molar-refractivity contribution in [3.63, 3.8) is 0 Å². The molecule has 3 aromatic rings. The van der Waals surface area contributed by atoms with Crippen molar-refractivity contribution >= 4 is 11.6 Å². The Morgan fingerprint density at radius 2 is 1.70 bits per heavy atom. The Morgan fingerprint density at radius 3 is 2.33 bits per heavy atom. The summed E-state index contributed by atoms with van der Waals surface area (Å²) in [5.74, 6) is 0.518. The Hall–Kier alpha value is -2.27. The van der Waals surface area contributed by atoms with E-state index in [2.05, 4.69) is 25.0 Å². The summed E-state index contributed by atoms with van der Waals surface area (Å²) >= 11 is 6.07. The van der Waals surface area contributed by atoms with Crippen molar-refractivity contribution in [1.82, 2.24) is 9.78 Å². The fraction of sp³-hybridized carbons (Fsp3) is 0.286. The van der Waals surface area contributed by atoms with Gasteiger partial charge < -0.3 is 0 Å². The van der Waals surface area contributed by atoms with Crippen molar-refractivity contribution in [3.05, 3.63) is 82.6 Å². The van der Waals surface area contributed by atoms with Crippen molar-refractivity contribution in [3.8, 4) is 5.69 Å². The average Bonchev–Trinajstić information content (AvgIpc) is 3.11. The van der Waals surface area contributed by atoms with Crippen LogP contribution in [0.5, 0.6) is 0 Å². The molecule has 2 atom stereocenters. The molecule has 142 valence electrons. The van der Waals surface area contributed by atoms with Gasteiger partial charge in [-0.05, 0) is 60.4 Å². The molecule has 0 saturated heterocycles. The van der Waals surface area contributed by atoms with Gasteiger partial charge in [0.1, 0.15) is 0 Å². The van der Waals surface area contributed by atoms with Crippen LogP contribution < -0.4 is 0 Å². The van der Waals surface area contributed by atoms with Crippen LogP contribution in [0.25, 0.3) is 5.69 Å². The maximum atomic E-state index is 12.7. The van der Waals surface area contributed by atoms with Crippen LogP contribution in [0, 0.1) is 0 Å². The Kier molecular flexibility index (Phi) is 5.61. The summed E-state index contributed by atoms with van der Waals surface area (Å²) in [6, 6.07) is 14.7. The minimum absolute atomic E-state index is 0.203. The number of aromatic nitrogens is 2. The lowest BCUT2D eigenvalue weighted by atomic mass is 9.90. The molecule has 27 heavy (non-hydrogen) atoms. The normalized spacial score (nSPS) is 14.1. The molecule has 0 aliphatic heterocycles. The van der Waals surface area contributed by atoms with Crippen molar-refractivity contribution < 1.29 is 13.2 Å². The van der Waals surface area contributed by atoms with Gasteiger partial charge in [0.05, 0.1) is 16.9 Å². The number of alkyl halides is 3. The Bertz CT molecular complexity index is 900. The van der Waals surface area contributed by atoms with Crippen molar-refractivity contribution in [2.75, 3.05) is 0 Å². The van der Waals surface area contributed by atoms with Crippen molar-refractivity contribution in [2.24, 2.45) is 0 Å². The van der Waals surface area contributed by atoms with Crippen LogP contribution >= 0.6 is 11.6 Å². The fourth-order valence-electron chi connectivity index (χ4n) is 3.15. The third-order valence-corrected chi connectivity index (χ3v) is 4.93. The molecule has 0 saturated carbocycles. The minimum atomic E-state index is -4.33. The molecule has 0 amide bonds. The van der Waals surface area contributed by atoms with Gasteiger partial charge in [0, 0.05) is 17.1 Å². The van der Waals surface area contributed by atoms with Gasteiger partial charge in [-0.1, -0.05) is 37.6 Å². The van der Waals surface area contributed by atoms with Gasteiger partial charge in [0.2, 0.25) is 0 Å². The number of benzene rings is 2. The van der Waals surface area contributed by atoms with Crippen LogP contribution in [0.4, 0.5) is 13.2 Å². The van der Waals surface area contributed by atoms with Crippen molar-refractivity contribution in [1.29, 1.82) is 0 Å². The molecule has 0 aliphatic rings. The molecule has 0 aliphatic carbocycles. The van der Waals surface area contributed by atoms with E-state index in [0.717, 1.165) is 29.3 Å². The highest BCUT2D eigenvalue weighted by Gasteiger charge is 2.30. The van der Waals surface area contributed by atoms with E-state index in [1.807, 2.05) is 24.3 Å². The molecule has 2 aromatic carbocycles. The zero-order valence-electron chi connectivity index (χ0n) is 15.0. The maximum absolute atomic E-state index is 12.7. The quantitative estimate of drug-likeness (QED) is 0.464. The maximum Gasteiger partial charge on any atom is 0.416 e. The minimum Gasteiger partial charge on any atom is -0.241 e. The summed E-state index contributed by atoms with van der Waals surface area (Å²) in [4.78, 5) is 0. The fourth-order valence-corrected chi connectivity index (χ4v) is 3.35. The van der Waals surface area contributed by atoms with Gasteiger partial charge in [-0.15, -0.1) is 0 Å². The molecule has 2 nitrogen and oxygen atoms in total. The lowest BCUT2D eigenvalue weighted by Gasteiger charge is -2.16. The first kappa shape index (κ1) is 19.5. The summed E-state index contributed by atoms with van der Waals surface area (Å²) in [6.45, 7) is 4.25. The van der Waals surface area contributed by atoms with E-state index in [1.165, 1.54) is 17.7 Å². The Morgan fingerprint density at radius 1 is 1.00 bits per heavy atom. The van der Waals surface area contributed by atoms with Crippen LogP contribution in [-0.2, 0) is 6.18 Å². The molecule has 0 N–H and O–H groups in total. The molecule has 1 heterocycles. The molecule has 0 radical (unpaired) electrons. The van der Waals surface area contributed by atoms with Crippen LogP contribution in [0.15, 0.2) is 60.8 Å².